The number of hydrogen-bond donors (Lipinski definition) is 2. The molecule has 1 unspecified atom stereocenters. The number of rotatable bonds is 3. The molecule has 1 aliphatic rings. The number of aromatic nitrogens is 1. The lowest BCUT2D eigenvalue weighted by Gasteiger charge is -2.41. The zero-order valence-corrected chi connectivity index (χ0v) is 14.2. The average molecular weight is 380 g/mol. The lowest BCUT2D eigenvalue weighted by Crippen LogP contribution is -2.55. The number of nitrogens with two attached hydrogens (primary N) is 1. The van der Waals surface area contributed by atoms with Gasteiger partial charge >= 0.3 is 0 Å². The van der Waals surface area contributed by atoms with Crippen LogP contribution in [0.4, 0.5) is 5.82 Å². The van der Waals surface area contributed by atoms with Crippen LogP contribution in [0, 0.1) is 0 Å². The van der Waals surface area contributed by atoms with Crippen LogP contribution in [0.2, 0.25) is 0 Å². The third-order valence-corrected chi connectivity index (χ3v) is 5.39. The molecule has 0 aliphatic carbocycles. The van der Waals surface area contributed by atoms with Gasteiger partial charge in [0.2, 0.25) is 10.0 Å². The van der Waals surface area contributed by atoms with Crippen LogP contribution >= 0.6 is 15.9 Å². The highest BCUT2D eigenvalue weighted by atomic mass is 79.9. The number of halogens is 1. The molecule has 1 fully saturated rings. The van der Waals surface area contributed by atoms with E-state index in [-0.39, 0.29) is 30.4 Å². The summed E-state index contributed by atoms with van der Waals surface area (Å²) < 4.78 is 32.9. The van der Waals surface area contributed by atoms with E-state index in [0.29, 0.717) is 4.47 Å². The molecular weight excluding hydrogens is 362 g/mol. The second kappa shape index (κ2) is 5.81. The number of nitrogens with zero attached hydrogens (tertiary/aromatic N) is 2. The molecule has 7 nitrogen and oxygen atoms in total. The van der Waals surface area contributed by atoms with Gasteiger partial charge in [0.1, 0.15) is 10.7 Å². The molecule has 118 valence electrons. The number of aliphatic hydroxyl groups excluding tert-OH is 1. The van der Waals surface area contributed by atoms with Crippen LogP contribution in [0.3, 0.4) is 0 Å². The van der Waals surface area contributed by atoms with E-state index in [4.69, 9.17) is 10.5 Å². The monoisotopic (exact) mass is 379 g/mol. The number of anilines is 1. The van der Waals surface area contributed by atoms with Gasteiger partial charge in [-0.25, -0.2) is 13.4 Å². The summed E-state index contributed by atoms with van der Waals surface area (Å²) in [5.41, 5.74) is 5.01. The maximum atomic E-state index is 12.8. The first-order valence-electron chi connectivity index (χ1n) is 6.35. The molecule has 2 heterocycles. The fourth-order valence-corrected chi connectivity index (χ4v) is 4.49. The summed E-state index contributed by atoms with van der Waals surface area (Å²) in [5.74, 6) is -0.0527. The lowest BCUT2D eigenvalue weighted by atomic mass is 10.1. The largest absolute Gasteiger partial charge is 0.394 e. The summed E-state index contributed by atoms with van der Waals surface area (Å²) in [6.45, 7) is 3.56. The number of morpholine rings is 1. The topological polar surface area (TPSA) is 106 Å². The van der Waals surface area contributed by atoms with E-state index in [1.807, 2.05) is 0 Å². The van der Waals surface area contributed by atoms with E-state index in [0.717, 1.165) is 0 Å². The fraction of sp³-hybridized carbons (Fsp3) is 0.583. The van der Waals surface area contributed by atoms with Crippen LogP contribution in [0.25, 0.3) is 0 Å². The van der Waals surface area contributed by atoms with E-state index >= 15 is 0 Å². The Morgan fingerprint density at radius 2 is 2.29 bits per heavy atom. The molecule has 1 aliphatic heterocycles. The Balaban J connectivity index is 2.41. The first kappa shape index (κ1) is 16.6. The molecule has 0 amide bonds. The maximum Gasteiger partial charge on any atom is 0.246 e. The highest BCUT2D eigenvalue weighted by molar-refractivity contribution is 9.10. The van der Waals surface area contributed by atoms with Crippen molar-refractivity contribution in [2.75, 3.05) is 25.4 Å². The first-order chi connectivity index (χ1) is 9.65. The number of nitrogen functional groups attached to an aromatic ring is 1. The summed E-state index contributed by atoms with van der Waals surface area (Å²) in [4.78, 5) is 3.81. The molecule has 21 heavy (non-hydrogen) atoms. The quantitative estimate of drug-likeness (QED) is 0.795. The smallest absolute Gasteiger partial charge is 0.246 e. The van der Waals surface area contributed by atoms with Crippen LogP contribution < -0.4 is 5.73 Å². The Morgan fingerprint density at radius 3 is 2.90 bits per heavy atom. The highest BCUT2D eigenvalue weighted by Crippen LogP contribution is 2.29. The third-order valence-electron chi connectivity index (χ3n) is 3.12. The maximum absolute atomic E-state index is 12.8. The molecule has 0 radical (unpaired) electrons. The normalized spacial score (nSPS) is 23.1. The standard InChI is InChI=1S/C12H18BrN3O4S/c1-12(2)7-16(5-9(6-17)20-12)21(18,19)10-3-8(13)4-15-11(10)14/h3-4,9,17H,5-7H2,1-2H3,(H2,14,15). The van der Waals surface area contributed by atoms with Gasteiger partial charge in [-0.2, -0.15) is 4.31 Å². The Morgan fingerprint density at radius 1 is 1.62 bits per heavy atom. The third kappa shape index (κ3) is 3.54. The second-order valence-electron chi connectivity index (χ2n) is 5.52. The Labute approximate surface area is 132 Å². The fourth-order valence-electron chi connectivity index (χ4n) is 2.30. The van der Waals surface area contributed by atoms with E-state index in [1.54, 1.807) is 13.8 Å². The minimum absolute atomic E-state index is 0.0498. The minimum Gasteiger partial charge on any atom is -0.394 e. The van der Waals surface area contributed by atoms with Gasteiger partial charge < -0.3 is 15.6 Å². The van der Waals surface area contributed by atoms with Crippen molar-refractivity contribution in [1.29, 1.82) is 0 Å². The number of pyridine rings is 1. The summed E-state index contributed by atoms with van der Waals surface area (Å²) in [7, 11) is -3.80. The SMILES string of the molecule is CC1(C)CN(S(=O)(=O)c2cc(Br)cnc2N)CC(CO)O1. The molecule has 0 saturated carbocycles. The first-order valence-corrected chi connectivity index (χ1v) is 8.59. The zero-order chi connectivity index (χ0) is 15.8. The average Bonchev–Trinajstić information content (AvgIpc) is 2.39. The van der Waals surface area contributed by atoms with Crippen molar-refractivity contribution in [3.05, 3.63) is 16.7 Å². The number of sulfonamides is 1. The molecule has 1 aromatic rings. The molecule has 0 aromatic carbocycles. The van der Waals surface area contributed by atoms with Crippen molar-refractivity contribution < 1.29 is 18.3 Å². The van der Waals surface area contributed by atoms with Gasteiger partial charge in [0.15, 0.2) is 0 Å². The predicted octanol–water partition coefficient (Wildman–Crippen LogP) is 0.587. The molecule has 1 saturated heterocycles. The van der Waals surface area contributed by atoms with E-state index in [9.17, 15) is 13.5 Å². The van der Waals surface area contributed by atoms with E-state index in [2.05, 4.69) is 20.9 Å². The van der Waals surface area contributed by atoms with Gasteiger partial charge in [0.25, 0.3) is 0 Å². The highest BCUT2D eigenvalue weighted by Gasteiger charge is 2.40. The van der Waals surface area contributed by atoms with Crippen molar-refractivity contribution in [2.45, 2.75) is 30.4 Å². The molecule has 1 atom stereocenters. The van der Waals surface area contributed by atoms with Gasteiger partial charge in [-0.1, -0.05) is 0 Å². The molecule has 2 rings (SSSR count). The molecule has 0 spiro atoms. The summed E-state index contributed by atoms with van der Waals surface area (Å²) in [6, 6.07) is 1.42. The molecule has 0 bridgehead atoms. The summed E-state index contributed by atoms with van der Waals surface area (Å²) in [5, 5.41) is 9.28. The number of aliphatic hydroxyl groups is 1. The minimum atomic E-state index is -3.80. The van der Waals surface area contributed by atoms with Crippen molar-refractivity contribution in [3.63, 3.8) is 0 Å². The Hall–Kier alpha value is -0.740. The van der Waals surface area contributed by atoms with Crippen molar-refractivity contribution >= 4 is 31.8 Å². The van der Waals surface area contributed by atoms with Gasteiger partial charge in [0, 0.05) is 23.8 Å². The Kier molecular flexibility index (Phi) is 4.60. The van der Waals surface area contributed by atoms with Gasteiger partial charge in [-0.15, -0.1) is 0 Å². The molecule has 3 N–H and O–H groups in total. The lowest BCUT2D eigenvalue weighted by molar-refractivity contribution is -0.131. The van der Waals surface area contributed by atoms with Crippen LogP contribution in [-0.4, -0.2) is 54.2 Å². The van der Waals surface area contributed by atoms with Gasteiger partial charge in [-0.05, 0) is 35.8 Å². The number of hydrogen-bond acceptors (Lipinski definition) is 6. The van der Waals surface area contributed by atoms with E-state index < -0.39 is 21.7 Å². The van der Waals surface area contributed by atoms with Crippen LogP contribution in [0.1, 0.15) is 13.8 Å². The molecular formula is C12H18BrN3O4S. The zero-order valence-electron chi connectivity index (χ0n) is 11.8. The molecule has 1 aromatic heterocycles. The molecule has 9 heteroatoms. The van der Waals surface area contributed by atoms with E-state index in [1.165, 1.54) is 16.6 Å². The second-order valence-corrected chi connectivity index (χ2v) is 8.34. The number of ether oxygens (including phenoxy) is 1. The summed E-state index contributed by atoms with van der Waals surface area (Å²) >= 11 is 3.20. The predicted molar refractivity (Wildman–Crippen MR) is 81.1 cm³/mol. The van der Waals surface area contributed by atoms with Crippen molar-refractivity contribution in [3.8, 4) is 0 Å². The van der Waals surface area contributed by atoms with Crippen LogP contribution in [0.15, 0.2) is 21.6 Å². The van der Waals surface area contributed by atoms with Gasteiger partial charge in [-0.3, -0.25) is 0 Å². The van der Waals surface area contributed by atoms with Gasteiger partial charge in [0.05, 0.1) is 18.3 Å². The van der Waals surface area contributed by atoms with Crippen LogP contribution in [-0.2, 0) is 14.8 Å². The van der Waals surface area contributed by atoms with Crippen LogP contribution in [0.5, 0.6) is 0 Å². The Bertz CT molecular complexity index is 635. The summed E-state index contributed by atoms with van der Waals surface area (Å²) in [6.07, 6.45) is 0.874. The van der Waals surface area contributed by atoms with Crippen molar-refractivity contribution in [2.24, 2.45) is 0 Å². The van der Waals surface area contributed by atoms with Crippen molar-refractivity contribution in [1.82, 2.24) is 9.29 Å².